The Labute approximate surface area is 145 Å². The van der Waals surface area contributed by atoms with Gasteiger partial charge in [0, 0.05) is 18.3 Å². The van der Waals surface area contributed by atoms with Crippen LogP contribution in [-0.4, -0.2) is 46.5 Å². The van der Waals surface area contributed by atoms with Gasteiger partial charge in [-0.05, 0) is 50.3 Å². The van der Waals surface area contributed by atoms with Crippen molar-refractivity contribution in [2.75, 3.05) is 25.4 Å². The molecule has 24 heavy (non-hydrogen) atoms. The van der Waals surface area contributed by atoms with E-state index >= 15 is 0 Å². The van der Waals surface area contributed by atoms with Gasteiger partial charge in [0.15, 0.2) is 0 Å². The van der Waals surface area contributed by atoms with E-state index in [2.05, 4.69) is 47.9 Å². The van der Waals surface area contributed by atoms with Crippen LogP contribution in [-0.2, 0) is 6.42 Å². The second-order valence-corrected chi connectivity index (χ2v) is 7.47. The van der Waals surface area contributed by atoms with Gasteiger partial charge in [0.2, 0.25) is 5.95 Å². The fourth-order valence-electron chi connectivity index (χ4n) is 3.30. The van der Waals surface area contributed by atoms with Crippen LogP contribution in [0.4, 0.5) is 5.95 Å². The number of amides is 1. The van der Waals surface area contributed by atoms with Crippen LogP contribution < -0.4 is 11.1 Å². The summed E-state index contributed by atoms with van der Waals surface area (Å²) < 4.78 is 0. The van der Waals surface area contributed by atoms with Crippen LogP contribution in [0.15, 0.2) is 6.07 Å². The molecule has 0 aromatic carbocycles. The molecular formula is C18H31N5O. The monoisotopic (exact) mass is 333 g/mol. The third-order valence-corrected chi connectivity index (χ3v) is 4.50. The van der Waals surface area contributed by atoms with Crippen molar-refractivity contribution in [3.05, 3.63) is 17.5 Å². The van der Waals surface area contributed by atoms with Crippen molar-refractivity contribution < 1.29 is 4.79 Å². The minimum atomic E-state index is -0.168. The number of nitrogens with two attached hydrogens (primary N) is 1. The number of hydrogen-bond acceptors (Lipinski definition) is 5. The van der Waals surface area contributed by atoms with E-state index in [-0.39, 0.29) is 11.9 Å². The molecule has 0 bridgehead atoms. The topological polar surface area (TPSA) is 84.1 Å². The molecule has 1 unspecified atom stereocenters. The van der Waals surface area contributed by atoms with Crippen LogP contribution in [0.3, 0.4) is 0 Å². The number of nitrogens with zero attached hydrogens (tertiary/aromatic N) is 3. The van der Waals surface area contributed by atoms with E-state index in [0.717, 1.165) is 25.2 Å². The van der Waals surface area contributed by atoms with E-state index in [9.17, 15) is 4.79 Å². The molecule has 1 atom stereocenters. The summed E-state index contributed by atoms with van der Waals surface area (Å²) in [6, 6.07) is 2.12. The average Bonchev–Trinajstić information content (AvgIpc) is 2.99. The molecule has 1 aromatic heterocycles. The molecule has 6 nitrogen and oxygen atoms in total. The first-order valence-electron chi connectivity index (χ1n) is 9.02. The Morgan fingerprint density at radius 2 is 1.92 bits per heavy atom. The Hall–Kier alpha value is -1.69. The Bertz CT molecular complexity index is 552. The molecular weight excluding hydrogens is 302 g/mol. The van der Waals surface area contributed by atoms with E-state index in [1.165, 1.54) is 12.8 Å². The molecule has 1 aliphatic rings. The zero-order valence-electron chi connectivity index (χ0n) is 15.4. The summed E-state index contributed by atoms with van der Waals surface area (Å²) in [5, 5.41) is 3.04. The Morgan fingerprint density at radius 3 is 2.50 bits per heavy atom. The highest BCUT2D eigenvalue weighted by Gasteiger charge is 2.25. The summed E-state index contributed by atoms with van der Waals surface area (Å²) >= 11 is 0. The molecule has 0 saturated carbocycles. The van der Waals surface area contributed by atoms with Crippen LogP contribution in [0.1, 0.15) is 56.7 Å². The molecule has 1 saturated heterocycles. The second kappa shape index (κ2) is 8.42. The second-order valence-electron chi connectivity index (χ2n) is 7.47. The molecule has 0 spiro atoms. The van der Waals surface area contributed by atoms with Crippen molar-refractivity contribution in [2.45, 2.75) is 53.0 Å². The van der Waals surface area contributed by atoms with Crippen molar-refractivity contribution in [1.29, 1.82) is 0 Å². The molecule has 3 N–H and O–H groups in total. The van der Waals surface area contributed by atoms with E-state index in [0.29, 0.717) is 30.1 Å². The quantitative estimate of drug-likeness (QED) is 0.798. The number of carbonyl (C=O) groups excluding carboxylic acids is 1. The number of nitrogen functional groups attached to an aromatic ring is 1. The highest BCUT2D eigenvalue weighted by molar-refractivity contribution is 5.92. The smallest absolute Gasteiger partial charge is 0.270 e. The summed E-state index contributed by atoms with van der Waals surface area (Å²) in [6.07, 6.45) is 3.28. The minimum Gasteiger partial charge on any atom is -0.368 e. The summed E-state index contributed by atoms with van der Waals surface area (Å²) in [4.78, 5) is 23.3. The van der Waals surface area contributed by atoms with Gasteiger partial charge in [0.1, 0.15) is 5.69 Å². The van der Waals surface area contributed by atoms with Crippen LogP contribution in [0, 0.1) is 11.8 Å². The van der Waals surface area contributed by atoms with Crippen LogP contribution >= 0.6 is 0 Å². The van der Waals surface area contributed by atoms with Gasteiger partial charge >= 0.3 is 0 Å². The number of anilines is 1. The third kappa shape index (κ3) is 5.16. The number of aromatic nitrogens is 2. The maximum atomic E-state index is 12.5. The van der Waals surface area contributed by atoms with E-state index < -0.39 is 0 Å². The van der Waals surface area contributed by atoms with Gasteiger partial charge in [-0.1, -0.05) is 27.7 Å². The summed E-state index contributed by atoms with van der Waals surface area (Å²) in [5.74, 6) is 0.947. The van der Waals surface area contributed by atoms with Crippen LogP contribution in [0.25, 0.3) is 0 Å². The summed E-state index contributed by atoms with van der Waals surface area (Å²) in [7, 11) is 0. The number of rotatable bonds is 7. The van der Waals surface area contributed by atoms with E-state index in [1.807, 2.05) is 0 Å². The maximum absolute atomic E-state index is 12.5. The molecule has 2 rings (SSSR count). The van der Waals surface area contributed by atoms with Gasteiger partial charge in [-0.2, -0.15) is 0 Å². The zero-order chi connectivity index (χ0) is 17.7. The normalized spacial score (nSPS) is 16.8. The number of nitrogens with one attached hydrogen (secondary N) is 1. The Kier molecular flexibility index (Phi) is 6.54. The van der Waals surface area contributed by atoms with Crippen molar-refractivity contribution >= 4 is 11.9 Å². The first-order chi connectivity index (χ1) is 11.4. The van der Waals surface area contributed by atoms with Crippen molar-refractivity contribution in [3.8, 4) is 0 Å². The summed E-state index contributed by atoms with van der Waals surface area (Å²) in [5.41, 5.74) is 6.95. The van der Waals surface area contributed by atoms with Gasteiger partial charge < -0.3 is 11.1 Å². The third-order valence-electron chi connectivity index (χ3n) is 4.50. The number of hydrogen-bond donors (Lipinski definition) is 2. The Morgan fingerprint density at radius 1 is 1.25 bits per heavy atom. The van der Waals surface area contributed by atoms with Gasteiger partial charge in [0.05, 0.1) is 0 Å². The summed E-state index contributed by atoms with van der Waals surface area (Å²) in [6.45, 7) is 11.5. The van der Waals surface area contributed by atoms with E-state index in [1.54, 1.807) is 6.07 Å². The lowest BCUT2D eigenvalue weighted by Gasteiger charge is -2.30. The molecule has 1 aromatic rings. The largest absolute Gasteiger partial charge is 0.368 e. The minimum absolute atomic E-state index is 0.165. The predicted octanol–water partition coefficient (Wildman–Crippen LogP) is 2.11. The highest BCUT2D eigenvalue weighted by Crippen LogP contribution is 2.17. The first kappa shape index (κ1) is 18.6. The van der Waals surface area contributed by atoms with Crippen molar-refractivity contribution in [3.63, 3.8) is 0 Å². The lowest BCUT2D eigenvalue weighted by molar-refractivity contribution is 0.0922. The van der Waals surface area contributed by atoms with Gasteiger partial charge in [-0.25, -0.2) is 9.97 Å². The standard InChI is InChI=1S/C18H31N5O/c1-12(2)9-14-10-15(22-18(19)21-14)17(24)20-11-16(13(3)4)23-7-5-6-8-23/h10,12-13,16H,5-9,11H2,1-4H3,(H,20,24)(H2,19,21,22). The molecule has 1 fully saturated rings. The molecule has 1 amide bonds. The van der Waals surface area contributed by atoms with E-state index in [4.69, 9.17) is 5.73 Å². The van der Waals surface area contributed by atoms with Crippen molar-refractivity contribution in [2.24, 2.45) is 11.8 Å². The van der Waals surface area contributed by atoms with Crippen LogP contribution in [0.2, 0.25) is 0 Å². The fraction of sp³-hybridized carbons (Fsp3) is 0.722. The highest BCUT2D eigenvalue weighted by atomic mass is 16.1. The van der Waals surface area contributed by atoms with Crippen LogP contribution in [0.5, 0.6) is 0 Å². The zero-order valence-corrected chi connectivity index (χ0v) is 15.4. The molecule has 0 aliphatic carbocycles. The lowest BCUT2D eigenvalue weighted by Crippen LogP contribution is -2.45. The number of carbonyl (C=O) groups is 1. The number of likely N-dealkylation sites (tertiary alicyclic amines) is 1. The molecule has 2 heterocycles. The van der Waals surface area contributed by atoms with Gasteiger partial charge in [-0.15, -0.1) is 0 Å². The molecule has 134 valence electrons. The van der Waals surface area contributed by atoms with Crippen molar-refractivity contribution in [1.82, 2.24) is 20.2 Å². The average molecular weight is 333 g/mol. The molecule has 6 heteroatoms. The predicted molar refractivity (Wildman–Crippen MR) is 96.8 cm³/mol. The Balaban J connectivity index is 2.01. The molecule has 0 radical (unpaired) electrons. The molecule has 1 aliphatic heterocycles. The van der Waals surface area contributed by atoms with Gasteiger partial charge in [0.25, 0.3) is 5.91 Å². The lowest BCUT2D eigenvalue weighted by atomic mass is 10.0. The SMILES string of the molecule is CC(C)Cc1cc(C(=O)NCC(C(C)C)N2CCCC2)nc(N)n1. The first-order valence-corrected chi connectivity index (χ1v) is 9.02. The fourth-order valence-corrected chi connectivity index (χ4v) is 3.30. The van der Waals surface area contributed by atoms with Gasteiger partial charge in [-0.3, -0.25) is 9.69 Å². The maximum Gasteiger partial charge on any atom is 0.270 e.